The zero-order valence-corrected chi connectivity index (χ0v) is 12.7. The van der Waals surface area contributed by atoms with Crippen molar-refractivity contribution in [3.63, 3.8) is 0 Å². The molecule has 0 atom stereocenters. The van der Waals surface area contributed by atoms with E-state index in [-0.39, 0.29) is 18.3 Å². The van der Waals surface area contributed by atoms with E-state index >= 15 is 0 Å². The van der Waals surface area contributed by atoms with Gasteiger partial charge in [-0.3, -0.25) is 4.79 Å². The molecule has 2 N–H and O–H groups in total. The minimum Gasteiger partial charge on any atom is -0.388 e. The normalized spacial score (nSPS) is 22.6. The van der Waals surface area contributed by atoms with Crippen molar-refractivity contribution in [1.29, 1.82) is 0 Å². The summed E-state index contributed by atoms with van der Waals surface area (Å²) in [6.07, 6.45) is 2.75. The van der Waals surface area contributed by atoms with Crippen LogP contribution in [0, 0.1) is 5.82 Å². The van der Waals surface area contributed by atoms with Crippen LogP contribution >= 0.6 is 11.8 Å². The molecule has 1 heterocycles. The van der Waals surface area contributed by atoms with Crippen LogP contribution < -0.4 is 5.32 Å². The lowest BCUT2D eigenvalue weighted by Crippen LogP contribution is -2.48. The minimum atomic E-state index is -0.799. The molecule has 1 aromatic rings. The Balaban J connectivity index is 1.67. The third-order valence-electron chi connectivity index (χ3n) is 4.58. The fraction of sp³-hybridized carbons (Fsp3) is 0.562. The van der Waals surface area contributed by atoms with Crippen LogP contribution in [-0.4, -0.2) is 34.7 Å². The van der Waals surface area contributed by atoms with Crippen LogP contribution in [0.1, 0.15) is 31.2 Å². The molecule has 1 saturated heterocycles. The fourth-order valence-electron chi connectivity index (χ4n) is 2.94. The summed E-state index contributed by atoms with van der Waals surface area (Å²) in [6.45, 7) is 0.266. The highest BCUT2D eigenvalue weighted by molar-refractivity contribution is 7.99. The highest BCUT2D eigenvalue weighted by Crippen LogP contribution is 2.49. The first kappa shape index (κ1) is 14.9. The number of halogens is 1. The van der Waals surface area contributed by atoms with E-state index in [2.05, 4.69) is 5.32 Å². The second-order valence-corrected chi connectivity index (χ2v) is 7.31. The number of amides is 1. The lowest BCUT2D eigenvalue weighted by Gasteiger charge is -2.32. The summed E-state index contributed by atoms with van der Waals surface area (Å²) in [7, 11) is 0. The van der Waals surface area contributed by atoms with E-state index in [4.69, 9.17) is 0 Å². The molecule has 3 nitrogen and oxygen atoms in total. The maximum Gasteiger partial charge on any atom is 0.230 e. The van der Waals surface area contributed by atoms with E-state index in [0.717, 1.165) is 11.5 Å². The molecule has 1 aliphatic heterocycles. The molecule has 0 unspecified atom stereocenters. The predicted molar refractivity (Wildman–Crippen MR) is 81.8 cm³/mol. The van der Waals surface area contributed by atoms with Gasteiger partial charge in [0.15, 0.2) is 0 Å². The number of carbonyl (C=O) groups excluding carboxylic acids is 1. The molecule has 0 aromatic heterocycles. The summed E-state index contributed by atoms with van der Waals surface area (Å²) in [5.41, 5.74) is -1.04. The van der Waals surface area contributed by atoms with Gasteiger partial charge in [0.2, 0.25) is 5.91 Å². The molecule has 0 bridgehead atoms. The number of rotatable bonds is 4. The Morgan fingerprint density at radius 2 is 1.90 bits per heavy atom. The summed E-state index contributed by atoms with van der Waals surface area (Å²) >= 11 is 1.83. The van der Waals surface area contributed by atoms with Crippen LogP contribution in [0.4, 0.5) is 4.39 Å². The van der Waals surface area contributed by atoms with Crippen LogP contribution in [0.3, 0.4) is 0 Å². The molecular formula is C16H20FNO2S. The molecule has 0 spiro atoms. The van der Waals surface area contributed by atoms with Crippen molar-refractivity contribution in [2.45, 2.75) is 36.7 Å². The number of aliphatic hydroxyl groups is 1. The molecule has 1 amide bonds. The van der Waals surface area contributed by atoms with Gasteiger partial charge in [0.1, 0.15) is 5.82 Å². The van der Waals surface area contributed by atoms with Gasteiger partial charge in [-0.05, 0) is 43.3 Å². The van der Waals surface area contributed by atoms with Gasteiger partial charge in [0.25, 0.3) is 0 Å². The first-order valence-corrected chi connectivity index (χ1v) is 8.55. The van der Waals surface area contributed by atoms with Crippen molar-refractivity contribution < 1.29 is 14.3 Å². The van der Waals surface area contributed by atoms with Crippen molar-refractivity contribution in [3.8, 4) is 0 Å². The molecule has 2 aliphatic rings. The van der Waals surface area contributed by atoms with Crippen molar-refractivity contribution in [1.82, 2.24) is 5.32 Å². The Labute approximate surface area is 128 Å². The molecule has 1 aliphatic carbocycles. The Hall–Kier alpha value is -1.07. The SMILES string of the molecule is O=C(NCC1(O)CCSCC1)C1(c2ccccc2F)CC1. The standard InChI is InChI=1S/C16H20FNO2S/c17-13-4-2-1-3-12(13)16(5-6-16)14(19)18-11-15(20)7-9-21-10-8-15/h1-4,20H,5-11H2,(H,18,19). The van der Waals surface area contributed by atoms with Crippen LogP contribution in [0.5, 0.6) is 0 Å². The van der Waals surface area contributed by atoms with Crippen molar-refractivity contribution in [2.24, 2.45) is 0 Å². The first-order chi connectivity index (χ1) is 10.1. The van der Waals surface area contributed by atoms with Crippen molar-refractivity contribution in [3.05, 3.63) is 35.6 Å². The Morgan fingerprint density at radius 1 is 1.24 bits per heavy atom. The van der Waals surface area contributed by atoms with Gasteiger partial charge in [-0.2, -0.15) is 11.8 Å². The van der Waals surface area contributed by atoms with E-state index in [1.54, 1.807) is 18.2 Å². The van der Waals surface area contributed by atoms with Gasteiger partial charge in [0.05, 0.1) is 11.0 Å². The van der Waals surface area contributed by atoms with E-state index < -0.39 is 11.0 Å². The Bertz CT molecular complexity index is 539. The van der Waals surface area contributed by atoms with Gasteiger partial charge in [0, 0.05) is 12.1 Å². The third kappa shape index (κ3) is 2.94. The molecule has 21 heavy (non-hydrogen) atoms. The summed E-state index contributed by atoms with van der Waals surface area (Å²) in [6, 6.07) is 6.48. The van der Waals surface area contributed by atoms with E-state index in [9.17, 15) is 14.3 Å². The predicted octanol–water partition coefficient (Wildman–Crippen LogP) is 2.23. The highest BCUT2D eigenvalue weighted by Gasteiger charge is 2.52. The summed E-state index contributed by atoms with van der Waals surface area (Å²) < 4.78 is 13.9. The summed E-state index contributed by atoms with van der Waals surface area (Å²) in [4.78, 5) is 12.5. The average molecular weight is 309 g/mol. The number of hydrogen-bond donors (Lipinski definition) is 2. The molecule has 114 valence electrons. The maximum atomic E-state index is 13.9. The van der Waals surface area contributed by atoms with Crippen LogP contribution in [0.15, 0.2) is 24.3 Å². The number of nitrogens with one attached hydrogen (secondary N) is 1. The van der Waals surface area contributed by atoms with E-state index in [1.807, 2.05) is 11.8 Å². The van der Waals surface area contributed by atoms with Gasteiger partial charge in [-0.15, -0.1) is 0 Å². The monoisotopic (exact) mass is 309 g/mol. The Kier molecular flexibility index (Phi) is 3.97. The first-order valence-electron chi connectivity index (χ1n) is 7.39. The van der Waals surface area contributed by atoms with Crippen molar-refractivity contribution >= 4 is 17.7 Å². The largest absolute Gasteiger partial charge is 0.388 e. The molecule has 3 rings (SSSR count). The molecule has 1 saturated carbocycles. The molecule has 1 aromatic carbocycles. The molecule has 5 heteroatoms. The average Bonchev–Trinajstić information content (AvgIpc) is 3.28. The van der Waals surface area contributed by atoms with Crippen LogP contribution in [0.25, 0.3) is 0 Å². The highest BCUT2D eigenvalue weighted by atomic mass is 32.2. The van der Waals surface area contributed by atoms with E-state index in [1.165, 1.54) is 6.07 Å². The van der Waals surface area contributed by atoms with E-state index in [0.29, 0.717) is 31.2 Å². The quantitative estimate of drug-likeness (QED) is 0.897. The molecule has 2 fully saturated rings. The van der Waals surface area contributed by atoms with Gasteiger partial charge < -0.3 is 10.4 Å². The second kappa shape index (κ2) is 5.61. The second-order valence-electron chi connectivity index (χ2n) is 6.08. The number of hydrogen-bond acceptors (Lipinski definition) is 3. The molecular weight excluding hydrogens is 289 g/mol. The number of carbonyl (C=O) groups is 1. The smallest absolute Gasteiger partial charge is 0.230 e. The van der Waals surface area contributed by atoms with Gasteiger partial charge in [-0.25, -0.2) is 4.39 Å². The van der Waals surface area contributed by atoms with Gasteiger partial charge >= 0.3 is 0 Å². The lowest BCUT2D eigenvalue weighted by molar-refractivity contribution is -0.125. The van der Waals surface area contributed by atoms with Crippen LogP contribution in [0.2, 0.25) is 0 Å². The summed E-state index contributed by atoms with van der Waals surface area (Å²) in [5, 5.41) is 13.3. The Morgan fingerprint density at radius 3 is 2.52 bits per heavy atom. The van der Waals surface area contributed by atoms with Crippen molar-refractivity contribution in [2.75, 3.05) is 18.1 Å². The minimum absolute atomic E-state index is 0.153. The summed E-state index contributed by atoms with van der Waals surface area (Å²) in [5.74, 6) is 1.37. The lowest BCUT2D eigenvalue weighted by atomic mass is 9.92. The zero-order chi connectivity index (χ0) is 14.9. The van der Waals surface area contributed by atoms with Gasteiger partial charge in [-0.1, -0.05) is 18.2 Å². The topological polar surface area (TPSA) is 49.3 Å². The fourth-order valence-corrected chi connectivity index (χ4v) is 4.19. The van der Waals surface area contributed by atoms with Crippen LogP contribution in [-0.2, 0) is 10.2 Å². The third-order valence-corrected chi connectivity index (χ3v) is 5.56. The number of thioether (sulfide) groups is 1. The maximum absolute atomic E-state index is 13.9. The number of benzene rings is 1. The zero-order valence-electron chi connectivity index (χ0n) is 11.9. The molecule has 0 radical (unpaired) electrons.